The SMILES string of the molecule is COC(=O)[C@H]1CC[C@]2(C)CC[C@]3(C)C(=CC(=O)[C@@H]4[C@@]5(C)C=CC(=O)C(C)(C)[C@@H]5CC[C@]43C)[C@H]2C1. The zero-order valence-corrected chi connectivity index (χ0v) is 22.1. The maximum Gasteiger partial charge on any atom is 0.308 e. The lowest BCUT2D eigenvalue weighted by molar-refractivity contribution is -0.169. The van der Waals surface area contributed by atoms with Crippen molar-refractivity contribution in [1.29, 1.82) is 0 Å². The second-order valence-electron chi connectivity index (χ2n) is 13.8. The summed E-state index contributed by atoms with van der Waals surface area (Å²) in [6.07, 6.45) is 12.7. The van der Waals surface area contributed by atoms with Gasteiger partial charge < -0.3 is 4.74 Å². The van der Waals surface area contributed by atoms with Crippen LogP contribution >= 0.6 is 0 Å². The molecule has 34 heavy (non-hydrogen) atoms. The van der Waals surface area contributed by atoms with E-state index in [4.69, 9.17) is 4.74 Å². The van der Waals surface area contributed by atoms with Gasteiger partial charge in [0.2, 0.25) is 0 Å². The van der Waals surface area contributed by atoms with Crippen LogP contribution < -0.4 is 0 Å². The van der Waals surface area contributed by atoms with E-state index in [0.29, 0.717) is 0 Å². The van der Waals surface area contributed by atoms with Gasteiger partial charge in [-0.25, -0.2) is 0 Å². The molecule has 5 aliphatic carbocycles. The first kappa shape index (κ1) is 24.0. The Morgan fingerprint density at radius 2 is 1.68 bits per heavy atom. The molecule has 4 heteroatoms. The number of ketones is 2. The molecule has 0 heterocycles. The van der Waals surface area contributed by atoms with E-state index in [1.54, 1.807) is 6.08 Å². The van der Waals surface area contributed by atoms with Crippen LogP contribution in [0.15, 0.2) is 23.8 Å². The highest BCUT2D eigenvalue weighted by atomic mass is 16.5. The molecule has 5 aliphatic rings. The fourth-order valence-corrected chi connectivity index (χ4v) is 9.72. The van der Waals surface area contributed by atoms with Crippen molar-refractivity contribution in [3.63, 3.8) is 0 Å². The Hall–Kier alpha value is -1.71. The van der Waals surface area contributed by atoms with Crippen molar-refractivity contribution in [1.82, 2.24) is 0 Å². The number of hydrogen-bond acceptors (Lipinski definition) is 4. The molecule has 0 aromatic rings. The molecule has 0 aliphatic heterocycles. The van der Waals surface area contributed by atoms with Gasteiger partial charge in [0, 0.05) is 16.7 Å². The van der Waals surface area contributed by atoms with Gasteiger partial charge in [-0.1, -0.05) is 53.2 Å². The lowest BCUT2D eigenvalue weighted by Crippen LogP contribution is -2.65. The fourth-order valence-electron chi connectivity index (χ4n) is 9.72. The third-order valence-corrected chi connectivity index (χ3v) is 12.1. The summed E-state index contributed by atoms with van der Waals surface area (Å²) in [4.78, 5) is 39.4. The molecule has 8 atom stereocenters. The molecular formula is C30H42O4. The highest BCUT2D eigenvalue weighted by molar-refractivity contribution is 5.99. The largest absolute Gasteiger partial charge is 0.469 e. The molecule has 0 N–H and O–H groups in total. The zero-order chi connectivity index (χ0) is 24.9. The summed E-state index contributed by atoms with van der Waals surface area (Å²) < 4.78 is 5.13. The van der Waals surface area contributed by atoms with Gasteiger partial charge in [0.05, 0.1) is 13.0 Å². The van der Waals surface area contributed by atoms with Gasteiger partial charge in [-0.15, -0.1) is 0 Å². The molecule has 0 saturated heterocycles. The summed E-state index contributed by atoms with van der Waals surface area (Å²) in [7, 11) is 1.49. The lowest BCUT2D eigenvalue weighted by atomic mass is 9.34. The number of esters is 1. The summed E-state index contributed by atoms with van der Waals surface area (Å²) in [5.41, 5.74) is 0.420. The standard InChI is InChI=1S/C30H42O4/c1-26(2)22-9-13-30(6)24(28(22,4)12-10-23(26)32)21(31)17-20-19-16-18(25(33)34-7)8-11-27(19,3)14-15-29(20,30)5/h10,12,17-19,22,24H,8-9,11,13-16H2,1-7H3/t18-,19+,22-,24+,27+,28-,29+,30+/m0/s1. The van der Waals surface area contributed by atoms with E-state index >= 15 is 0 Å². The van der Waals surface area contributed by atoms with Crippen molar-refractivity contribution in [2.24, 2.45) is 50.7 Å². The first-order chi connectivity index (χ1) is 15.7. The zero-order valence-electron chi connectivity index (χ0n) is 22.1. The van der Waals surface area contributed by atoms with Crippen LogP contribution in [0.4, 0.5) is 0 Å². The number of methoxy groups -OCH3 is 1. The normalized spacial score (nSPS) is 49.2. The molecule has 0 unspecified atom stereocenters. The van der Waals surface area contributed by atoms with Gasteiger partial charge in [0.1, 0.15) is 0 Å². The van der Waals surface area contributed by atoms with Crippen LogP contribution in [0, 0.1) is 50.7 Å². The number of ether oxygens (including phenoxy) is 1. The van der Waals surface area contributed by atoms with Crippen LogP contribution in [0.1, 0.15) is 86.5 Å². The summed E-state index contributed by atoms with van der Waals surface area (Å²) >= 11 is 0. The van der Waals surface area contributed by atoms with Crippen molar-refractivity contribution in [2.75, 3.05) is 7.11 Å². The van der Waals surface area contributed by atoms with Gasteiger partial charge in [-0.05, 0) is 85.2 Å². The number of carbonyl (C=O) groups is 3. The molecule has 186 valence electrons. The molecule has 0 amide bonds. The van der Waals surface area contributed by atoms with E-state index in [2.05, 4.69) is 47.6 Å². The van der Waals surface area contributed by atoms with E-state index in [-0.39, 0.29) is 62.9 Å². The molecule has 0 bridgehead atoms. The van der Waals surface area contributed by atoms with Crippen LogP contribution in [-0.2, 0) is 19.1 Å². The van der Waals surface area contributed by atoms with Gasteiger partial charge >= 0.3 is 5.97 Å². The Morgan fingerprint density at radius 3 is 2.35 bits per heavy atom. The summed E-state index contributed by atoms with van der Waals surface area (Å²) in [5, 5.41) is 0. The van der Waals surface area contributed by atoms with Gasteiger partial charge in [0.25, 0.3) is 0 Å². The van der Waals surface area contributed by atoms with Crippen LogP contribution in [0.25, 0.3) is 0 Å². The average molecular weight is 467 g/mol. The number of fused-ring (bicyclic) bond motifs is 7. The van der Waals surface area contributed by atoms with Crippen LogP contribution in [0.3, 0.4) is 0 Å². The highest BCUT2D eigenvalue weighted by Gasteiger charge is 2.69. The van der Waals surface area contributed by atoms with Gasteiger partial charge in [0.15, 0.2) is 11.6 Å². The van der Waals surface area contributed by atoms with Crippen molar-refractivity contribution in [3.8, 4) is 0 Å². The monoisotopic (exact) mass is 466 g/mol. The number of carbonyl (C=O) groups excluding carboxylic acids is 3. The van der Waals surface area contributed by atoms with Crippen LogP contribution in [0.5, 0.6) is 0 Å². The van der Waals surface area contributed by atoms with E-state index < -0.39 is 5.41 Å². The Kier molecular flexibility index (Phi) is 5.06. The minimum Gasteiger partial charge on any atom is -0.469 e. The summed E-state index contributed by atoms with van der Waals surface area (Å²) in [6.45, 7) is 13.5. The molecular weight excluding hydrogens is 424 g/mol. The smallest absolute Gasteiger partial charge is 0.308 e. The summed E-state index contributed by atoms with van der Waals surface area (Å²) in [5.74, 6) is 0.541. The minimum atomic E-state index is -0.446. The molecule has 5 rings (SSSR count). The van der Waals surface area contributed by atoms with Crippen molar-refractivity contribution in [3.05, 3.63) is 23.8 Å². The molecule has 0 spiro atoms. The molecule has 0 radical (unpaired) electrons. The van der Waals surface area contributed by atoms with E-state index in [9.17, 15) is 14.4 Å². The van der Waals surface area contributed by atoms with Crippen LogP contribution in [-0.4, -0.2) is 24.6 Å². The first-order valence-electron chi connectivity index (χ1n) is 13.3. The maximum atomic E-state index is 14.1. The van der Waals surface area contributed by atoms with E-state index in [1.807, 2.05) is 6.08 Å². The second kappa shape index (κ2) is 7.17. The summed E-state index contributed by atoms with van der Waals surface area (Å²) in [6, 6.07) is 0. The number of allylic oxidation sites excluding steroid dienone is 4. The minimum absolute atomic E-state index is 0.0756. The van der Waals surface area contributed by atoms with Crippen LogP contribution in [0.2, 0.25) is 0 Å². The molecule has 0 aromatic carbocycles. The first-order valence-corrected chi connectivity index (χ1v) is 13.3. The molecule has 4 nitrogen and oxygen atoms in total. The number of hydrogen-bond donors (Lipinski definition) is 0. The van der Waals surface area contributed by atoms with Crippen molar-refractivity contribution >= 4 is 17.5 Å². The maximum absolute atomic E-state index is 14.1. The Balaban J connectivity index is 1.62. The number of rotatable bonds is 1. The van der Waals surface area contributed by atoms with E-state index in [1.165, 1.54) is 12.7 Å². The average Bonchev–Trinajstić information content (AvgIpc) is 2.77. The van der Waals surface area contributed by atoms with Crippen molar-refractivity contribution < 1.29 is 19.1 Å². The fraction of sp³-hybridized carbons (Fsp3) is 0.767. The molecule has 0 aromatic heterocycles. The Labute approximate surface area is 205 Å². The third kappa shape index (κ3) is 2.80. The topological polar surface area (TPSA) is 60.4 Å². The third-order valence-electron chi connectivity index (χ3n) is 12.1. The molecule has 3 fully saturated rings. The quantitative estimate of drug-likeness (QED) is 0.438. The molecule has 3 saturated carbocycles. The van der Waals surface area contributed by atoms with Crippen molar-refractivity contribution in [2.45, 2.75) is 86.5 Å². The predicted octanol–water partition coefficient (Wildman–Crippen LogP) is 6.10. The predicted molar refractivity (Wildman–Crippen MR) is 132 cm³/mol. The lowest BCUT2D eigenvalue weighted by Gasteiger charge is -2.68. The highest BCUT2D eigenvalue weighted by Crippen LogP contribution is 2.73. The van der Waals surface area contributed by atoms with E-state index in [0.717, 1.165) is 44.9 Å². The second-order valence-corrected chi connectivity index (χ2v) is 13.8. The van der Waals surface area contributed by atoms with Gasteiger partial charge in [-0.2, -0.15) is 0 Å². The Morgan fingerprint density at radius 1 is 0.971 bits per heavy atom. The Bertz CT molecular complexity index is 1020. The van der Waals surface area contributed by atoms with Gasteiger partial charge in [-0.3, -0.25) is 14.4 Å².